The summed E-state index contributed by atoms with van der Waals surface area (Å²) in [5.74, 6) is 1.32. The molecule has 0 aromatic carbocycles. The quantitative estimate of drug-likeness (QED) is 0.702. The first-order valence-corrected chi connectivity index (χ1v) is 5.99. The van der Waals surface area contributed by atoms with Gasteiger partial charge < -0.3 is 14.8 Å². The largest absolute Gasteiger partial charge is 0.475 e. The van der Waals surface area contributed by atoms with E-state index in [9.17, 15) is 0 Å². The maximum atomic E-state index is 5.45. The lowest BCUT2D eigenvalue weighted by Crippen LogP contribution is -2.19. The molecule has 1 aromatic heterocycles. The first-order valence-electron chi connectivity index (χ1n) is 5.99. The zero-order chi connectivity index (χ0) is 12.5. The van der Waals surface area contributed by atoms with Crippen molar-refractivity contribution in [2.24, 2.45) is 5.92 Å². The van der Waals surface area contributed by atoms with Crippen LogP contribution in [-0.2, 0) is 11.3 Å². The smallest absolute Gasteiger partial charge is 0.213 e. The van der Waals surface area contributed by atoms with E-state index >= 15 is 0 Å². The molecule has 0 aliphatic heterocycles. The highest BCUT2D eigenvalue weighted by Crippen LogP contribution is 2.09. The van der Waals surface area contributed by atoms with E-state index in [2.05, 4.69) is 24.1 Å². The summed E-state index contributed by atoms with van der Waals surface area (Å²) in [5, 5.41) is 3.39. The van der Waals surface area contributed by atoms with Crippen molar-refractivity contribution in [1.29, 1.82) is 0 Å². The zero-order valence-corrected chi connectivity index (χ0v) is 10.9. The fourth-order valence-corrected chi connectivity index (χ4v) is 1.37. The van der Waals surface area contributed by atoms with Gasteiger partial charge in [-0.25, -0.2) is 4.98 Å². The molecular formula is C13H22N2O2. The molecule has 0 atom stereocenters. The van der Waals surface area contributed by atoms with E-state index in [-0.39, 0.29) is 0 Å². The first-order chi connectivity index (χ1) is 8.22. The summed E-state index contributed by atoms with van der Waals surface area (Å²) in [7, 11) is 1.66. The molecule has 0 bridgehead atoms. The molecule has 0 aliphatic carbocycles. The van der Waals surface area contributed by atoms with Crippen LogP contribution in [-0.4, -0.2) is 31.9 Å². The average Bonchev–Trinajstić information content (AvgIpc) is 2.29. The van der Waals surface area contributed by atoms with Gasteiger partial charge in [0.15, 0.2) is 0 Å². The van der Waals surface area contributed by atoms with Crippen LogP contribution in [0.3, 0.4) is 0 Å². The molecule has 0 unspecified atom stereocenters. The minimum atomic E-state index is 0.534. The number of hydrogen-bond donors (Lipinski definition) is 1. The predicted molar refractivity (Wildman–Crippen MR) is 68.2 cm³/mol. The molecule has 0 fully saturated rings. The number of aromatic nitrogens is 1. The number of rotatable bonds is 8. The van der Waals surface area contributed by atoms with Crippen LogP contribution >= 0.6 is 0 Å². The Morgan fingerprint density at radius 3 is 2.88 bits per heavy atom. The number of nitrogens with one attached hydrogen (secondary N) is 1. The fourth-order valence-electron chi connectivity index (χ4n) is 1.37. The minimum Gasteiger partial charge on any atom is -0.475 e. The van der Waals surface area contributed by atoms with E-state index < -0.39 is 0 Å². The summed E-state index contributed by atoms with van der Waals surface area (Å²) in [6, 6.07) is 3.96. The van der Waals surface area contributed by atoms with Gasteiger partial charge in [-0.05, 0) is 24.1 Å². The van der Waals surface area contributed by atoms with Gasteiger partial charge in [-0.3, -0.25) is 0 Å². The van der Waals surface area contributed by atoms with E-state index in [0.717, 1.165) is 13.1 Å². The Kier molecular flexibility index (Phi) is 6.58. The Labute approximate surface area is 103 Å². The van der Waals surface area contributed by atoms with Gasteiger partial charge in [-0.1, -0.05) is 13.8 Å². The molecule has 4 nitrogen and oxygen atoms in total. The van der Waals surface area contributed by atoms with E-state index in [1.807, 2.05) is 12.1 Å². The molecule has 1 aromatic rings. The summed E-state index contributed by atoms with van der Waals surface area (Å²) in [5.41, 5.74) is 1.19. The predicted octanol–water partition coefficient (Wildman–Crippen LogP) is 1.85. The van der Waals surface area contributed by atoms with Crippen molar-refractivity contribution < 1.29 is 9.47 Å². The SMILES string of the molecule is COCCOc1cc(CNCC(C)C)ccn1. The van der Waals surface area contributed by atoms with Crippen LogP contribution in [0.25, 0.3) is 0 Å². The van der Waals surface area contributed by atoms with Gasteiger partial charge in [-0.15, -0.1) is 0 Å². The van der Waals surface area contributed by atoms with Gasteiger partial charge in [0.1, 0.15) is 6.61 Å². The third-order valence-electron chi connectivity index (χ3n) is 2.22. The van der Waals surface area contributed by atoms with Crippen molar-refractivity contribution in [1.82, 2.24) is 10.3 Å². The number of ether oxygens (including phenoxy) is 2. The van der Waals surface area contributed by atoms with E-state index in [1.165, 1.54) is 5.56 Å². The topological polar surface area (TPSA) is 43.4 Å². The van der Waals surface area contributed by atoms with Gasteiger partial charge >= 0.3 is 0 Å². The standard InChI is InChI=1S/C13H22N2O2/c1-11(2)9-14-10-12-4-5-15-13(8-12)17-7-6-16-3/h4-5,8,11,14H,6-7,9-10H2,1-3H3. The second-order valence-corrected chi connectivity index (χ2v) is 4.37. The van der Waals surface area contributed by atoms with E-state index in [1.54, 1.807) is 13.3 Å². The maximum absolute atomic E-state index is 5.45. The molecule has 0 saturated heterocycles. The molecule has 96 valence electrons. The fraction of sp³-hybridized carbons (Fsp3) is 0.615. The number of hydrogen-bond acceptors (Lipinski definition) is 4. The van der Waals surface area contributed by atoms with Gasteiger partial charge in [0.25, 0.3) is 0 Å². The summed E-state index contributed by atoms with van der Waals surface area (Å²) in [6.45, 7) is 7.37. The van der Waals surface area contributed by atoms with Crippen LogP contribution in [0.2, 0.25) is 0 Å². The number of methoxy groups -OCH3 is 1. The van der Waals surface area contributed by atoms with Crippen molar-refractivity contribution in [2.75, 3.05) is 26.9 Å². The van der Waals surface area contributed by atoms with Crippen LogP contribution in [0.15, 0.2) is 18.3 Å². The Morgan fingerprint density at radius 2 is 2.18 bits per heavy atom. The van der Waals surface area contributed by atoms with Gasteiger partial charge in [-0.2, -0.15) is 0 Å². The third kappa shape index (κ3) is 6.24. The minimum absolute atomic E-state index is 0.534. The molecule has 0 radical (unpaired) electrons. The summed E-state index contributed by atoms with van der Waals surface area (Å²) < 4.78 is 10.4. The second kappa shape index (κ2) is 8.03. The second-order valence-electron chi connectivity index (χ2n) is 4.37. The maximum Gasteiger partial charge on any atom is 0.213 e. The summed E-state index contributed by atoms with van der Waals surface area (Å²) in [4.78, 5) is 4.15. The highest BCUT2D eigenvalue weighted by Gasteiger charge is 1.99. The number of nitrogens with zero attached hydrogens (tertiary/aromatic N) is 1. The highest BCUT2D eigenvalue weighted by molar-refractivity contribution is 5.20. The molecule has 4 heteroatoms. The molecule has 1 N–H and O–H groups in total. The normalized spacial score (nSPS) is 10.8. The molecule has 0 aliphatic rings. The van der Waals surface area contributed by atoms with Crippen LogP contribution in [0.5, 0.6) is 5.88 Å². The molecule has 17 heavy (non-hydrogen) atoms. The lowest BCUT2D eigenvalue weighted by Gasteiger charge is -2.09. The van der Waals surface area contributed by atoms with Gasteiger partial charge in [0.2, 0.25) is 5.88 Å². The summed E-state index contributed by atoms with van der Waals surface area (Å²) in [6.07, 6.45) is 1.77. The zero-order valence-electron chi connectivity index (χ0n) is 10.9. The molecule has 0 spiro atoms. The molecular weight excluding hydrogens is 216 g/mol. The lowest BCUT2D eigenvalue weighted by atomic mass is 10.2. The van der Waals surface area contributed by atoms with Crippen LogP contribution in [0, 0.1) is 5.92 Å². The monoisotopic (exact) mass is 238 g/mol. The molecule has 1 rings (SSSR count). The van der Waals surface area contributed by atoms with Crippen molar-refractivity contribution >= 4 is 0 Å². The Hall–Kier alpha value is -1.13. The van der Waals surface area contributed by atoms with Crippen molar-refractivity contribution in [2.45, 2.75) is 20.4 Å². The van der Waals surface area contributed by atoms with Crippen LogP contribution in [0.4, 0.5) is 0 Å². The van der Waals surface area contributed by atoms with Gasteiger partial charge in [0.05, 0.1) is 6.61 Å². The van der Waals surface area contributed by atoms with Crippen molar-refractivity contribution in [3.63, 3.8) is 0 Å². The van der Waals surface area contributed by atoms with E-state index in [0.29, 0.717) is 25.0 Å². The Balaban J connectivity index is 2.37. The van der Waals surface area contributed by atoms with Crippen molar-refractivity contribution in [3.8, 4) is 5.88 Å². The highest BCUT2D eigenvalue weighted by atomic mass is 16.5. The average molecular weight is 238 g/mol. The lowest BCUT2D eigenvalue weighted by molar-refractivity contribution is 0.143. The third-order valence-corrected chi connectivity index (χ3v) is 2.22. The first kappa shape index (κ1) is 13.9. The Morgan fingerprint density at radius 1 is 1.35 bits per heavy atom. The molecule has 1 heterocycles. The van der Waals surface area contributed by atoms with Crippen molar-refractivity contribution in [3.05, 3.63) is 23.9 Å². The van der Waals surface area contributed by atoms with E-state index in [4.69, 9.17) is 9.47 Å². The van der Waals surface area contributed by atoms with Gasteiger partial charge in [0, 0.05) is 25.9 Å². The summed E-state index contributed by atoms with van der Waals surface area (Å²) >= 11 is 0. The molecule has 0 saturated carbocycles. The molecule has 0 amide bonds. The Bertz CT molecular complexity index is 316. The van der Waals surface area contributed by atoms with Crippen LogP contribution < -0.4 is 10.1 Å². The number of pyridine rings is 1. The van der Waals surface area contributed by atoms with Crippen LogP contribution in [0.1, 0.15) is 19.4 Å².